The van der Waals surface area contributed by atoms with E-state index in [0.29, 0.717) is 12.8 Å². The number of likely N-dealkylation sites (N-methyl/N-ethyl adjacent to an activating group) is 1. The highest BCUT2D eigenvalue weighted by Crippen LogP contribution is 2.12. The highest BCUT2D eigenvalue weighted by molar-refractivity contribution is 5.72. The maximum Gasteiger partial charge on any atom is 0.362 e. The molecule has 0 aliphatic heterocycles. The topological polar surface area (TPSA) is 99.1 Å². The van der Waals surface area contributed by atoms with E-state index in [2.05, 4.69) is 98.9 Å². The molecule has 8 heteroatoms. The van der Waals surface area contributed by atoms with Gasteiger partial charge in [-0.05, 0) is 77.0 Å². The molecule has 0 saturated heterocycles. The lowest BCUT2D eigenvalue weighted by Crippen LogP contribution is -2.50. The zero-order chi connectivity index (χ0) is 45.6. The number of hydrogen-bond donors (Lipinski definition) is 1. The lowest BCUT2D eigenvalue weighted by molar-refractivity contribution is -0.887. The Labute approximate surface area is 378 Å². The zero-order valence-corrected chi connectivity index (χ0v) is 39.5. The first kappa shape index (κ1) is 57.7. The van der Waals surface area contributed by atoms with Gasteiger partial charge in [0.2, 0.25) is 0 Å². The van der Waals surface area contributed by atoms with Crippen LogP contribution >= 0.6 is 0 Å². The third kappa shape index (κ3) is 41.1. The number of esters is 2. The van der Waals surface area contributed by atoms with E-state index in [1.165, 1.54) is 6.42 Å². The second-order valence-corrected chi connectivity index (χ2v) is 16.4. The number of rotatable bonds is 40. The molecule has 0 aromatic carbocycles. The molecule has 0 bridgehead atoms. The van der Waals surface area contributed by atoms with Gasteiger partial charge in [0.1, 0.15) is 6.61 Å². The summed E-state index contributed by atoms with van der Waals surface area (Å²) in [5, 5.41) is 9.64. The van der Waals surface area contributed by atoms with Gasteiger partial charge in [0.05, 0.1) is 34.4 Å². The third-order valence-corrected chi connectivity index (χ3v) is 9.70. The summed E-state index contributed by atoms with van der Waals surface area (Å²) in [7, 11) is 5.50. The predicted octanol–water partition coefficient (Wildman–Crippen LogP) is 13.4. The van der Waals surface area contributed by atoms with Crippen molar-refractivity contribution in [1.82, 2.24) is 0 Å². The molecular formula is C54H86NO7+. The Kier molecular flexibility index (Phi) is 40.4. The van der Waals surface area contributed by atoms with Gasteiger partial charge in [-0.1, -0.05) is 174 Å². The molecule has 2 unspecified atom stereocenters. The highest BCUT2D eigenvalue weighted by atomic mass is 16.6. The molecule has 0 amide bonds. The van der Waals surface area contributed by atoms with Gasteiger partial charge >= 0.3 is 17.9 Å². The number of aliphatic carboxylic acids is 1. The molecule has 1 N–H and O–H groups in total. The van der Waals surface area contributed by atoms with Crippen molar-refractivity contribution in [2.75, 3.05) is 41.0 Å². The summed E-state index contributed by atoms with van der Waals surface area (Å²) in [6.07, 6.45) is 60.9. The van der Waals surface area contributed by atoms with Crippen molar-refractivity contribution in [2.45, 2.75) is 161 Å². The van der Waals surface area contributed by atoms with Crippen molar-refractivity contribution in [3.05, 3.63) is 122 Å². The second kappa shape index (κ2) is 43.4. The number of unbranched alkanes of at least 4 members (excludes halogenated alkanes) is 10. The van der Waals surface area contributed by atoms with E-state index in [1.54, 1.807) is 0 Å². The Morgan fingerprint density at radius 3 is 1.48 bits per heavy atom. The van der Waals surface area contributed by atoms with Gasteiger partial charge in [0.25, 0.3) is 0 Å². The quantitative estimate of drug-likeness (QED) is 0.0215. The number of hydrogen-bond acceptors (Lipinski definition) is 6. The SMILES string of the molecule is CC/C=C/C/C=C/C/C=C/C/C=C/C/C=C/CCCCCCC(=O)OCC(COCCC(C(=O)O)[N+](C)(C)C)OC(=O)CCCCCCC/C=C/C=C/C=C/C=C/C=C/CCC. The fraction of sp³-hybridized carbons (Fsp3) is 0.574. The van der Waals surface area contributed by atoms with Gasteiger partial charge in [0.15, 0.2) is 12.1 Å². The zero-order valence-electron chi connectivity index (χ0n) is 39.5. The van der Waals surface area contributed by atoms with Gasteiger partial charge in [-0.25, -0.2) is 4.79 Å². The van der Waals surface area contributed by atoms with Crippen molar-refractivity contribution >= 4 is 17.9 Å². The maximum atomic E-state index is 12.8. The van der Waals surface area contributed by atoms with E-state index in [9.17, 15) is 19.5 Å². The Bertz CT molecular complexity index is 1420. The first-order chi connectivity index (χ1) is 30.1. The van der Waals surface area contributed by atoms with Crippen molar-refractivity contribution in [1.29, 1.82) is 0 Å². The Hall–Kier alpha value is -4.27. The molecule has 0 heterocycles. The van der Waals surface area contributed by atoms with E-state index < -0.39 is 18.1 Å². The molecule has 0 aliphatic rings. The summed E-state index contributed by atoms with van der Waals surface area (Å²) in [6, 6.07) is -0.633. The van der Waals surface area contributed by atoms with Gasteiger partial charge in [-0.15, -0.1) is 0 Å². The molecule has 0 rings (SSSR count). The molecule has 0 saturated carbocycles. The lowest BCUT2D eigenvalue weighted by Gasteiger charge is -2.31. The third-order valence-electron chi connectivity index (χ3n) is 9.70. The minimum absolute atomic E-state index is 0.0328. The molecule has 0 aromatic rings. The molecule has 0 radical (unpaired) electrons. The summed E-state index contributed by atoms with van der Waals surface area (Å²) in [5.41, 5.74) is 0. The molecule has 0 aromatic heterocycles. The van der Waals surface area contributed by atoms with Crippen molar-refractivity contribution in [3.8, 4) is 0 Å². The van der Waals surface area contributed by atoms with E-state index >= 15 is 0 Å². The Morgan fingerprint density at radius 1 is 0.516 bits per heavy atom. The van der Waals surface area contributed by atoms with Crippen LogP contribution in [0.1, 0.15) is 149 Å². The van der Waals surface area contributed by atoms with Crippen LogP contribution in [0.3, 0.4) is 0 Å². The Balaban J connectivity index is 4.45. The molecule has 348 valence electrons. The molecule has 62 heavy (non-hydrogen) atoms. The standard InChI is InChI=1S/C54H85NO7/c1-6-8-10-12-14-16-18-20-22-24-26-27-29-30-32-34-36-38-40-42-44-52(56)61-49-50(48-60-47-46-51(54(58)59)55(3,4)5)62-53(57)45-43-41-39-37-35-33-31-28-25-23-21-19-17-15-13-11-9-7-2/h8,10-11,13-17,19-23,25-28,30-32,50-51H,6-7,9,12,18,24,29,33-49H2,1-5H3/p+1/b10-8+,13-11+,16-14+,17-15+,21-19+,22-20+,25-23+,27-26+,31-28+,32-30+. The van der Waals surface area contributed by atoms with Crippen molar-refractivity contribution in [3.63, 3.8) is 0 Å². The summed E-state index contributed by atoms with van der Waals surface area (Å²) in [4.78, 5) is 37.1. The summed E-state index contributed by atoms with van der Waals surface area (Å²) in [6.45, 7) is 4.45. The lowest BCUT2D eigenvalue weighted by atomic mass is 10.1. The van der Waals surface area contributed by atoms with Crippen LogP contribution in [0.5, 0.6) is 0 Å². The highest BCUT2D eigenvalue weighted by Gasteiger charge is 2.31. The van der Waals surface area contributed by atoms with Crippen LogP contribution in [0, 0.1) is 0 Å². The summed E-state index contributed by atoms with van der Waals surface area (Å²) >= 11 is 0. The van der Waals surface area contributed by atoms with Crippen LogP contribution in [-0.2, 0) is 28.6 Å². The summed E-state index contributed by atoms with van der Waals surface area (Å²) in [5.74, 6) is -1.55. The van der Waals surface area contributed by atoms with Crippen LogP contribution in [0.4, 0.5) is 0 Å². The minimum Gasteiger partial charge on any atom is -0.477 e. The molecule has 0 fully saturated rings. The second-order valence-electron chi connectivity index (χ2n) is 16.4. The van der Waals surface area contributed by atoms with Gasteiger partial charge in [0, 0.05) is 19.3 Å². The number of quaternary nitrogens is 1. The minimum atomic E-state index is -0.890. The van der Waals surface area contributed by atoms with E-state index in [1.807, 2.05) is 57.6 Å². The first-order valence-corrected chi connectivity index (χ1v) is 23.6. The molecular weight excluding hydrogens is 775 g/mol. The number of carbonyl (C=O) groups is 3. The maximum absolute atomic E-state index is 12.8. The average Bonchev–Trinajstić information content (AvgIpc) is 3.23. The molecule has 2 atom stereocenters. The van der Waals surface area contributed by atoms with Crippen LogP contribution < -0.4 is 0 Å². The van der Waals surface area contributed by atoms with E-state index in [0.717, 1.165) is 109 Å². The number of carboxylic acids is 1. The molecule has 8 nitrogen and oxygen atoms in total. The van der Waals surface area contributed by atoms with E-state index in [-0.39, 0.29) is 42.7 Å². The van der Waals surface area contributed by atoms with Crippen molar-refractivity contribution in [2.24, 2.45) is 0 Å². The molecule has 0 aliphatic carbocycles. The summed E-state index contributed by atoms with van der Waals surface area (Å²) < 4.78 is 17.3. The van der Waals surface area contributed by atoms with Crippen LogP contribution in [0.25, 0.3) is 0 Å². The van der Waals surface area contributed by atoms with E-state index in [4.69, 9.17) is 14.2 Å². The van der Waals surface area contributed by atoms with Crippen LogP contribution in [0.2, 0.25) is 0 Å². The van der Waals surface area contributed by atoms with Gasteiger partial charge in [-0.3, -0.25) is 9.59 Å². The Morgan fingerprint density at radius 2 is 0.968 bits per heavy atom. The first-order valence-electron chi connectivity index (χ1n) is 23.6. The van der Waals surface area contributed by atoms with Crippen LogP contribution in [0.15, 0.2) is 122 Å². The number of ether oxygens (including phenoxy) is 3. The smallest absolute Gasteiger partial charge is 0.362 e. The fourth-order valence-corrected chi connectivity index (χ4v) is 6.09. The average molecular weight is 861 g/mol. The predicted molar refractivity (Wildman–Crippen MR) is 261 cm³/mol. The number of nitrogens with zero attached hydrogens (tertiary/aromatic N) is 1. The number of allylic oxidation sites excluding steroid dienone is 20. The number of carbonyl (C=O) groups excluding carboxylic acids is 2. The normalized spacial score (nSPS) is 14.0. The number of carboxylic acid groups (broad SMARTS) is 1. The monoisotopic (exact) mass is 861 g/mol. The van der Waals surface area contributed by atoms with Crippen molar-refractivity contribution < 1.29 is 38.2 Å². The van der Waals surface area contributed by atoms with Gasteiger partial charge in [-0.2, -0.15) is 0 Å². The van der Waals surface area contributed by atoms with Gasteiger partial charge < -0.3 is 23.8 Å². The largest absolute Gasteiger partial charge is 0.477 e. The molecule has 0 spiro atoms. The van der Waals surface area contributed by atoms with Crippen LogP contribution in [-0.4, -0.2) is 80.6 Å². The fourth-order valence-electron chi connectivity index (χ4n) is 6.09.